The van der Waals surface area contributed by atoms with Crippen molar-refractivity contribution in [1.82, 2.24) is 14.7 Å². The van der Waals surface area contributed by atoms with Gasteiger partial charge in [-0.25, -0.2) is 0 Å². The lowest BCUT2D eigenvalue weighted by molar-refractivity contribution is -0.890. The van der Waals surface area contributed by atoms with Gasteiger partial charge in [-0.2, -0.15) is 0 Å². The highest BCUT2D eigenvalue weighted by Crippen LogP contribution is 2.37. The summed E-state index contributed by atoms with van der Waals surface area (Å²) in [6.45, 7) is 5.88. The standard InChI is InChI=1S/C35H80N4O12P4.BrH/c1-4-5-6-7-8-9-10-11-12-13-14-15-16-17-18-19-30-39(2,3)31-20-21-36(22-24-37(26-32-52(40,41)42)27-33-53(43,44)45)23-25-38(28-34-54(46,47)48)29-35-55(49,50)51;/h4-35H2,1-3H3,(H7-,40,41,42,43,44,45,46,47,48,49,50,51);1H. The predicted octanol–water partition coefficient (Wildman–Crippen LogP) is 2.34. The van der Waals surface area contributed by atoms with Gasteiger partial charge in [0.25, 0.3) is 0 Å². The highest BCUT2D eigenvalue weighted by Gasteiger charge is 2.23. The van der Waals surface area contributed by atoms with Crippen LogP contribution in [0.1, 0.15) is 116 Å². The number of unbranched alkanes of at least 4 members (excludes halogenated alkanes) is 15. The first kappa shape index (κ1) is 59.0. The van der Waals surface area contributed by atoms with Crippen LogP contribution in [0.15, 0.2) is 0 Å². The minimum Gasteiger partial charge on any atom is -1.00 e. The Hall–Kier alpha value is 0.920. The molecule has 0 radical (unpaired) electrons. The molecule has 0 unspecified atom stereocenters. The smallest absolute Gasteiger partial charge is 0.326 e. The summed E-state index contributed by atoms with van der Waals surface area (Å²) in [6.07, 6.45) is 20.1. The van der Waals surface area contributed by atoms with Crippen LogP contribution in [0.5, 0.6) is 0 Å². The van der Waals surface area contributed by atoms with E-state index in [1.54, 1.807) is 9.80 Å². The molecule has 0 saturated heterocycles. The van der Waals surface area contributed by atoms with Gasteiger partial charge < -0.3 is 75.3 Å². The molecule has 8 N–H and O–H groups in total. The molecule has 0 bridgehead atoms. The molecule has 0 spiro atoms. The molecule has 0 saturated carbocycles. The van der Waals surface area contributed by atoms with Crippen LogP contribution in [-0.4, -0.2) is 169 Å². The van der Waals surface area contributed by atoms with E-state index in [1.807, 2.05) is 0 Å². The largest absolute Gasteiger partial charge is 1.00 e. The highest BCUT2D eigenvalue weighted by atomic mass is 79.9. The van der Waals surface area contributed by atoms with Crippen LogP contribution in [0.3, 0.4) is 0 Å². The Bertz CT molecular complexity index is 1040. The monoisotopic (exact) mass is 952 g/mol. The molecular formula is C35H81BrN4O12P4. The van der Waals surface area contributed by atoms with Crippen LogP contribution in [0.25, 0.3) is 0 Å². The van der Waals surface area contributed by atoms with Crippen molar-refractivity contribution in [3.05, 3.63) is 0 Å². The summed E-state index contributed by atoms with van der Waals surface area (Å²) in [6, 6.07) is 0. The van der Waals surface area contributed by atoms with Crippen molar-refractivity contribution < 1.29 is 78.9 Å². The maximum atomic E-state index is 11.6. The van der Waals surface area contributed by atoms with Gasteiger partial charge in [-0.05, 0) is 12.8 Å². The van der Waals surface area contributed by atoms with Gasteiger partial charge in [-0.1, -0.05) is 96.8 Å². The van der Waals surface area contributed by atoms with Crippen LogP contribution in [0, 0.1) is 0 Å². The van der Waals surface area contributed by atoms with E-state index in [0.717, 1.165) is 30.4 Å². The Morgan fingerprint density at radius 3 is 0.857 bits per heavy atom. The normalized spacial score (nSPS) is 13.3. The lowest BCUT2D eigenvalue weighted by Gasteiger charge is -2.33. The third-order valence-electron chi connectivity index (χ3n) is 10.1. The summed E-state index contributed by atoms with van der Waals surface area (Å²) in [5.41, 5.74) is 0. The number of hydrogen-bond acceptors (Lipinski definition) is 7. The molecule has 0 aromatic rings. The van der Waals surface area contributed by atoms with Crippen LogP contribution >= 0.6 is 30.4 Å². The minimum atomic E-state index is -4.35. The van der Waals surface area contributed by atoms with E-state index in [9.17, 15) is 57.4 Å². The van der Waals surface area contributed by atoms with Gasteiger partial charge in [-0.15, -0.1) is 0 Å². The molecule has 21 heteroatoms. The van der Waals surface area contributed by atoms with Gasteiger partial charge in [0.05, 0.1) is 51.8 Å². The van der Waals surface area contributed by atoms with Crippen molar-refractivity contribution in [3.63, 3.8) is 0 Å². The van der Waals surface area contributed by atoms with Crippen molar-refractivity contribution in [2.75, 3.05) is 111 Å². The van der Waals surface area contributed by atoms with Gasteiger partial charge in [0.1, 0.15) is 0 Å². The molecule has 0 amide bonds. The number of rotatable bonds is 39. The van der Waals surface area contributed by atoms with E-state index in [-0.39, 0.29) is 56.2 Å². The Balaban J connectivity index is 0. The fourth-order valence-electron chi connectivity index (χ4n) is 6.58. The van der Waals surface area contributed by atoms with Crippen LogP contribution < -0.4 is 17.0 Å². The molecular weight excluding hydrogens is 872 g/mol. The summed E-state index contributed by atoms with van der Waals surface area (Å²) < 4.78 is 47.1. The maximum absolute atomic E-state index is 11.6. The molecule has 0 aliphatic rings. The zero-order chi connectivity index (χ0) is 41.9. The molecule has 0 atom stereocenters. The van der Waals surface area contributed by atoms with Gasteiger partial charge in [0.15, 0.2) is 0 Å². The molecule has 0 aromatic heterocycles. The molecule has 16 nitrogen and oxygen atoms in total. The first-order valence-corrected chi connectivity index (χ1v) is 27.9. The average molecular weight is 954 g/mol. The number of hydrogen-bond donors (Lipinski definition) is 8. The molecule has 0 rings (SSSR count). The third kappa shape index (κ3) is 43.0. The van der Waals surface area contributed by atoms with Gasteiger partial charge in [0.2, 0.25) is 0 Å². The Morgan fingerprint density at radius 2 is 0.589 bits per heavy atom. The fraction of sp³-hybridized carbons (Fsp3) is 1.00. The Morgan fingerprint density at radius 1 is 0.357 bits per heavy atom. The number of halogens is 1. The second-order valence-corrected chi connectivity index (χ2v) is 23.2. The molecule has 0 aliphatic carbocycles. The van der Waals surface area contributed by atoms with Gasteiger partial charge >= 0.3 is 30.4 Å². The first-order valence-electron chi connectivity index (χ1n) is 20.7. The lowest BCUT2D eigenvalue weighted by Crippen LogP contribution is -3.00. The van der Waals surface area contributed by atoms with Crippen molar-refractivity contribution in [1.29, 1.82) is 0 Å². The van der Waals surface area contributed by atoms with Crippen LogP contribution in [0.2, 0.25) is 0 Å². The van der Waals surface area contributed by atoms with E-state index in [2.05, 4.69) is 25.9 Å². The first-order chi connectivity index (χ1) is 25.5. The third-order valence-corrected chi connectivity index (χ3v) is 13.3. The molecule has 0 aliphatic heterocycles. The molecule has 340 valence electrons. The van der Waals surface area contributed by atoms with E-state index in [4.69, 9.17) is 0 Å². The predicted molar refractivity (Wildman–Crippen MR) is 223 cm³/mol. The molecule has 0 heterocycles. The second-order valence-electron chi connectivity index (χ2n) is 16.1. The van der Waals surface area contributed by atoms with Crippen molar-refractivity contribution in [2.45, 2.75) is 116 Å². The van der Waals surface area contributed by atoms with E-state index in [0.29, 0.717) is 19.6 Å². The maximum Gasteiger partial charge on any atom is 0.326 e. The van der Waals surface area contributed by atoms with Crippen LogP contribution in [-0.2, 0) is 18.3 Å². The van der Waals surface area contributed by atoms with Crippen LogP contribution in [0.4, 0.5) is 0 Å². The lowest BCUT2D eigenvalue weighted by atomic mass is 10.0. The van der Waals surface area contributed by atoms with Crippen molar-refractivity contribution >= 4 is 30.4 Å². The van der Waals surface area contributed by atoms with E-state index >= 15 is 0 Å². The Labute approximate surface area is 349 Å². The quantitative estimate of drug-likeness (QED) is 0.0251. The summed E-state index contributed by atoms with van der Waals surface area (Å²) in [5, 5.41) is 0. The molecule has 0 fully saturated rings. The van der Waals surface area contributed by atoms with Gasteiger partial charge in [0, 0.05) is 65.3 Å². The fourth-order valence-corrected chi connectivity index (χ4v) is 8.75. The van der Waals surface area contributed by atoms with E-state index < -0.39 is 55.0 Å². The SMILES string of the molecule is CCCCCCCCCCCCCCCCCC[N+](C)(C)CCCN(CCN(CCP(=O)(O)O)CCP(=O)(O)O)CCN(CCP(=O)(O)O)CCP(=O)(O)O.[Br-]. The minimum absolute atomic E-state index is 0. The summed E-state index contributed by atoms with van der Waals surface area (Å²) >= 11 is 0. The summed E-state index contributed by atoms with van der Waals surface area (Å²) in [7, 11) is -13.0. The van der Waals surface area contributed by atoms with Crippen molar-refractivity contribution in [3.8, 4) is 0 Å². The second kappa shape index (κ2) is 32.6. The topological polar surface area (TPSA) is 240 Å². The summed E-state index contributed by atoms with van der Waals surface area (Å²) in [4.78, 5) is 80.6. The van der Waals surface area contributed by atoms with Gasteiger partial charge in [-0.3, -0.25) is 18.3 Å². The Kier molecular flexibility index (Phi) is 34.4. The van der Waals surface area contributed by atoms with Crippen molar-refractivity contribution in [2.24, 2.45) is 0 Å². The molecule has 0 aromatic carbocycles. The zero-order valence-corrected chi connectivity index (χ0v) is 40.0. The number of nitrogens with zero attached hydrogens (tertiary/aromatic N) is 4. The van der Waals surface area contributed by atoms with E-state index in [1.165, 1.54) is 96.3 Å². The molecule has 56 heavy (non-hydrogen) atoms. The summed E-state index contributed by atoms with van der Waals surface area (Å²) in [5.74, 6) is 0. The highest BCUT2D eigenvalue weighted by molar-refractivity contribution is 7.52. The average Bonchev–Trinajstić information content (AvgIpc) is 3.05. The zero-order valence-electron chi connectivity index (χ0n) is 34.8. The number of quaternary nitrogens is 1.